The average Bonchev–Trinajstić information content (AvgIpc) is 1.99. The number of aliphatic hydroxyl groups excluding tert-OH is 1. The summed E-state index contributed by atoms with van der Waals surface area (Å²) in [6.07, 6.45) is 1.90. The molecule has 1 unspecified atom stereocenters. The minimum Gasteiger partial charge on any atom is -0.444 e. The van der Waals surface area contributed by atoms with Gasteiger partial charge in [0, 0.05) is 12.1 Å². The first-order valence-corrected chi connectivity index (χ1v) is 5.84. The summed E-state index contributed by atoms with van der Waals surface area (Å²) in [5, 5.41) is 11.8. The highest BCUT2D eigenvalue weighted by atomic mass is 16.6. The molecule has 0 radical (unpaired) electrons. The van der Waals surface area contributed by atoms with Gasteiger partial charge < -0.3 is 15.2 Å². The molecule has 4 heteroatoms. The van der Waals surface area contributed by atoms with Crippen LogP contribution < -0.4 is 5.32 Å². The lowest BCUT2D eigenvalue weighted by molar-refractivity contribution is 0.0441. The number of alkyl carbamates (subject to hydrolysis) is 1. The number of hydrogen-bond donors (Lipinski definition) is 2. The van der Waals surface area contributed by atoms with Crippen LogP contribution in [-0.2, 0) is 4.74 Å². The molecule has 96 valence electrons. The Balaban J connectivity index is 4.34. The number of ether oxygens (including phenoxy) is 1. The van der Waals surface area contributed by atoms with Crippen molar-refractivity contribution in [1.29, 1.82) is 0 Å². The molecule has 0 saturated heterocycles. The summed E-state index contributed by atoms with van der Waals surface area (Å²) in [5.74, 6) is 0. The molecule has 4 nitrogen and oxygen atoms in total. The van der Waals surface area contributed by atoms with Gasteiger partial charge in [0.15, 0.2) is 0 Å². The van der Waals surface area contributed by atoms with Crippen LogP contribution in [0.3, 0.4) is 0 Å². The normalized spacial score (nSPS) is 15.4. The minimum atomic E-state index is -0.490. The second kappa shape index (κ2) is 6.09. The molecule has 2 N–H and O–H groups in total. The van der Waals surface area contributed by atoms with Crippen molar-refractivity contribution in [1.82, 2.24) is 5.32 Å². The summed E-state index contributed by atoms with van der Waals surface area (Å²) in [4.78, 5) is 11.6. The fourth-order valence-electron chi connectivity index (χ4n) is 1.60. The third kappa shape index (κ3) is 6.67. The van der Waals surface area contributed by atoms with Gasteiger partial charge >= 0.3 is 6.09 Å². The van der Waals surface area contributed by atoms with E-state index in [-0.39, 0.29) is 12.1 Å². The van der Waals surface area contributed by atoms with Crippen LogP contribution in [0.25, 0.3) is 0 Å². The fourth-order valence-corrected chi connectivity index (χ4v) is 1.60. The van der Waals surface area contributed by atoms with Gasteiger partial charge in [-0.25, -0.2) is 4.79 Å². The number of nitrogens with one attached hydrogen (secondary N) is 1. The standard InChI is InChI=1S/C12H25NO3/c1-6-7-12(5,8-9-14)13-10(15)16-11(2,3)4/h14H,6-9H2,1-5H3,(H,13,15). The van der Waals surface area contributed by atoms with Gasteiger partial charge in [0.25, 0.3) is 0 Å². The Kier molecular flexibility index (Phi) is 5.79. The van der Waals surface area contributed by atoms with E-state index in [1.807, 2.05) is 34.6 Å². The Morgan fingerprint density at radius 3 is 2.19 bits per heavy atom. The smallest absolute Gasteiger partial charge is 0.408 e. The van der Waals surface area contributed by atoms with Crippen molar-refractivity contribution >= 4 is 6.09 Å². The van der Waals surface area contributed by atoms with Crippen LogP contribution in [0.15, 0.2) is 0 Å². The Hall–Kier alpha value is -0.770. The van der Waals surface area contributed by atoms with E-state index in [2.05, 4.69) is 5.32 Å². The molecule has 0 heterocycles. The van der Waals surface area contributed by atoms with Crippen molar-refractivity contribution in [3.05, 3.63) is 0 Å². The van der Waals surface area contributed by atoms with E-state index in [0.29, 0.717) is 6.42 Å². The van der Waals surface area contributed by atoms with Gasteiger partial charge in [-0.2, -0.15) is 0 Å². The largest absolute Gasteiger partial charge is 0.444 e. The zero-order valence-corrected chi connectivity index (χ0v) is 11.1. The molecule has 0 aromatic rings. The summed E-state index contributed by atoms with van der Waals surface area (Å²) in [7, 11) is 0. The van der Waals surface area contributed by atoms with Crippen molar-refractivity contribution in [3.63, 3.8) is 0 Å². The highest BCUT2D eigenvalue weighted by Crippen LogP contribution is 2.17. The van der Waals surface area contributed by atoms with Gasteiger partial charge in [0.1, 0.15) is 5.60 Å². The number of hydrogen-bond acceptors (Lipinski definition) is 3. The summed E-state index contributed by atoms with van der Waals surface area (Å²) in [5.41, 5.74) is -0.873. The van der Waals surface area contributed by atoms with E-state index in [0.717, 1.165) is 12.8 Å². The van der Waals surface area contributed by atoms with E-state index < -0.39 is 11.7 Å². The van der Waals surface area contributed by atoms with Crippen molar-refractivity contribution in [2.45, 2.75) is 65.0 Å². The second-order valence-electron chi connectivity index (χ2n) is 5.41. The first-order valence-electron chi connectivity index (χ1n) is 5.84. The van der Waals surface area contributed by atoms with Crippen LogP contribution in [0.1, 0.15) is 53.9 Å². The van der Waals surface area contributed by atoms with Gasteiger partial charge in [0.2, 0.25) is 0 Å². The molecule has 1 atom stereocenters. The lowest BCUT2D eigenvalue weighted by atomic mass is 9.93. The predicted octanol–water partition coefficient (Wildman–Crippen LogP) is 2.45. The lowest BCUT2D eigenvalue weighted by Crippen LogP contribution is -2.48. The molecular formula is C12H25NO3. The number of aliphatic hydroxyl groups is 1. The summed E-state index contributed by atoms with van der Waals surface area (Å²) in [6, 6.07) is 0. The van der Waals surface area contributed by atoms with Gasteiger partial charge in [-0.15, -0.1) is 0 Å². The van der Waals surface area contributed by atoms with E-state index in [1.165, 1.54) is 0 Å². The summed E-state index contributed by atoms with van der Waals surface area (Å²) < 4.78 is 5.19. The molecule has 0 spiro atoms. The maximum absolute atomic E-state index is 11.6. The van der Waals surface area contributed by atoms with Crippen LogP contribution in [0, 0.1) is 0 Å². The molecule has 0 fully saturated rings. The fraction of sp³-hybridized carbons (Fsp3) is 0.917. The van der Waals surface area contributed by atoms with Crippen molar-refractivity contribution in [2.24, 2.45) is 0 Å². The number of carbonyl (C=O) groups excluding carboxylic acids is 1. The van der Waals surface area contributed by atoms with Crippen LogP contribution in [0.2, 0.25) is 0 Å². The Labute approximate surface area is 98.4 Å². The van der Waals surface area contributed by atoms with Gasteiger partial charge in [-0.3, -0.25) is 0 Å². The molecule has 1 amide bonds. The highest BCUT2D eigenvalue weighted by Gasteiger charge is 2.27. The van der Waals surface area contributed by atoms with Crippen molar-refractivity contribution in [3.8, 4) is 0 Å². The Bertz CT molecular complexity index is 215. The summed E-state index contributed by atoms with van der Waals surface area (Å²) >= 11 is 0. The van der Waals surface area contributed by atoms with Crippen LogP contribution >= 0.6 is 0 Å². The third-order valence-corrected chi connectivity index (χ3v) is 2.27. The van der Waals surface area contributed by atoms with E-state index >= 15 is 0 Å². The quantitative estimate of drug-likeness (QED) is 0.764. The molecular weight excluding hydrogens is 206 g/mol. The third-order valence-electron chi connectivity index (χ3n) is 2.27. The summed E-state index contributed by atoms with van der Waals surface area (Å²) in [6.45, 7) is 9.52. The maximum Gasteiger partial charge on any atom is 0.408 e. The number of rotatable bonds is 5. The minimum absolute atomic E-state index is 0.0618. The van der Waals surface area contributed by atoms with Gasteiger partial charge in [-0.05, 0) is 40.5 Å². The molecule has 0 aromatic heterocycles. The zero-order valence-electron chi connectivity index (χ0n) is 11.1. The monoisotopic (exact) mass is 231 g/mol. The van der Waals surface area contributed by atoms with E-state index in [4.69, 9.17) is 9.84 Å². The van der Waals surface area contributed by atoms with Crippen LogP contribution in [-0.4, -0.2) is 28.9 Å². The molecule has 0 aromatic carbocycles. The topological polar surface area (TPSA) is 58.6 Å². The molecule has 16 heavy (non-hydrogen) atoms. The zero-order chi connectivity index (χ0) is 12.8. The number of amides is 1. The Morgan fingerprint density at radius 2 is 1.81 bits per heavy atom. The van der Waals surface area contributed by atoms with Gasteiger partial charge in [-0.1, -0.05) is 13.3 Å². The van der Waals surface area contributed by atoms with Gasteiger partial charge in [0.05, 0.1) is 0 Å². The highest BCUT2D eigenvalue weighted by molar-refractivity contribution is 5.68. The lowest BCUT2D eigenvalue weighted by Gasteiger charge is -2.31. The average molecular weight is 231 g/mol. The van der Waals surface area contributed by atoms with Crippen LogP contribution in [0.4, 0.5) is 4.79 Å². The Morgan fingerprint density at radius 1 is 1.25 bits per heavy atom. The molecule has 0 rings (SSSR count). The first-order chi connectivity index (χ1) is 7.22. The molecule has 0 aliphatic heterocycles. The van der Waals surface area contributed by atoms with E-state index in [1.54, 1.807) is 0 Å². The van der Waals surface area contributed by atoms with Crippen molar-refractivity contribution in [2.75, 3.05) is 6.61 Å². The SMILES string of the molecule is CCCC(C)(CCO)NC(=O)OC(C)(C)C. The second-order valence-corrected chi connectivity index (χ2v) is 5.41. The molecule has 0 saturated carbocycles. The number of carbonyl (C=O) groups is 1. The van der Waals surface area contributed by atoms with Crippen LogP contribution in [0.5, 0.6) is 0 Å². The first kappa shape index (κ1) is 15.2. The predicted molar refractivity (Wildman–Crippen MR) is 64.4 cm³/mol. The van der Waals surface area contributed by atoms with Crippen molar-refractivity contribution < 1.29 is 14.6 Å². The van der Waals surface area contributed by atoms with E-state index in [9.17, 15) is 4.79 Å². The molecule has 0 aliphatic carbocycles. The maximum atomic E-state index is 11.6. The molecule has 0 aliphatic rings. The molecule has 0 bridgehead atoms.